The predicted octanol–water partition coefficient (Wildman–Crippen LogP) is 3.60. The summed E-state index contributed by atoms with van der Waals surface area (Å²) in [6.07, 6.45) is 2.48. The molecule has 3 aliphatic heterocycles. The van der Waals surface area contributed by atoms with Gasteiger partial charge in [0.25, 0.3) is 17.7 Å². The average molecular weight is 567 g/mol. The number of carbonyl (C=O) groups is 3. The number of pyridine rings is 1. The molecule has 10 heteroatoms. The van der Waals surface area contributed by atoms with E-state index in [1.165, 1.54) is 12.1 Å². The Labute approximate surface area is 241 Å². The molecular weight excluding hydrogens is 539 g/mol. The van der Waals surface area contributed by atoms with E-state index in [0.29, 0.717) is 34.7 Å². The SMILES string of the molecule is O=C1COc2cccc(c2)-c2ccc(F)c(c2)C(=O)N[C@H]2CN(C(=O)c3ccncc3)C[C@@H]2Oc2ccc(cc2)CN1. The van der Waals surface area contributed by atoms with Gasteiger partial charge in [0.15, 0.2) is 6.61 Å². The van der Waals surface area contributed by atoms with Crippen LogP contribution in [0.15, 0.2) is 91.3 Å². The van der Waals surface area contributed by atoms with Crippen LogP contribution in [0.4, 0.5) is 4.39 Å². The fourth-order valence-corrected chi connectivity index (χ4v) is 5.03. The molecule has 4 aromatic rings. The Morgan fingerprint density at radius 2 is 1.69 bits per heavy atom. The van der Waals surface area contributed by atoms with Gasteiger partial charge in [0.1, 0.15) is 23.4 Å². The van der Waals surface area contributed by atoms with E-state index < -0.39 is 23.9 Å². The third kappa shape index (κ3) is 5.92. The van der Waals surface area contributed by atoms with E-state index >= 15 is 0 Å². The van der Waals surface area contributed by atoms with Gasteiger partial charge in [-0.25, -0.2) is 4.39 Å². The first-order valence-corrected chi connectivity index (χ1v) is 13.5. The van der Waals surface area contributed by atoms with Crippen LogP contribution in [-0.2, 0) is 11.3 Å². The number of nitrogens with one attached hydrogen (secondary N) is 2. The maximum absolute atomic E-state index is 15.0. The summed E-state index contributed by atoms with van der Waals surface area (Å²) in [6.45, 7) is 0.498. The molecule has 3 aliphatic rings. The Hall–Kier alpha value is -5.25. The normalized spacial score (nSPS) is 18.6. The van der Waals surface area contributed by atoms with Crippen molar-refractivity contribution in [2.75, 3.05) is 19.7 Å². The molecule has 6 bridgehead atoms. The molecule has 212 valence electrons. The maximum Gasteiger partial charge on any atom is 0.258 e. The number of likely N-dealkylation sites (tertiary alicyclic amines) is 1. The zero-order valence-electron chi connectivity index (χ0n) is 22.5. The minimum Gasteiger partial charge on any atom is -0.486 e. The minimum atomic E-state index is -0.682. The lowest BCUT2D eigenvalue weighted by Crippen LogP contribution is -2.45. The van der Waals surface area contributed by atoms with Crippen LogP contribution in [0.2, 0.25) is 0 Å². The van der Waals surface area contributed by atoms with E-state index in [1.807, 2.05) is 12.1 Å². The number of hydrogen-bond acceptors (Lipinski definition) is 6. The number of ether oxygens (including phenoxy) is 2. The number of benzene rings is 3. The Kier molecular flexibility index (Phi) is 7.50. The Morgan fingerprint density at radius 1 is 0.905 bits per heavy atom. The number of amides is 3. The van der Waals surface area contributed by atoms with Gasteiger partial charge in [-0.2, -0.15) is 0 Å². The molecule has 2 atom stereocenters. The lowest BCUT2D eigenvalue weighted by Gasteiger charge is -2.21. The topological polar surface area (TPSA) is 110 Å². The van der Waals surface area contributed by atoms with Crippen LogP contribution in [0.3, 0.4) is 0 Å². The Balaban J connectivity index is 1.33. The highest BCUT2D eigenvalue weighted by Crippen LogP contribution is 2.27. The quantitative estimate of drug-likeness (QED) is 0.365. The first kappa shape index (κ1) is 26.9. The van der Waals surface area contributed by atoms with Crippen LogP contribution >= 0.6 is 0 Å². The van der Waals surface area contributed by atoms with Gasteiger partial charge in [-0.15, -0.1) is 0 Å². The summed E-state index contributed by atoms with van der Waals surface area (Å²) in [5, 5.41) is 5.74. The van der Waals surface area contributed by atoms with Crippen LogP contribution < -0.4 is 20.1 Å². The molecule has 0 aliphatic carbocycles. The molecular formula is C32H27FN4O5. The second kappa shape index (κ2) is 11.7. The van der Waals surface area contributed by atoms with Gasteiger partial charge in [-0.05, 0) is 65.2 Å². The van der Waals surface area contributed by atoms with Crippen molar-refractivity contribution in [3.63, 3.8) is 0 Å². The van der Waals surface area contributed by atoms with Gasteiger partial charge in [0, 0.05) is 31.0 Å². The van der Waals surface area contributed by atoms with Gasteiger partial charge in [0.05, 0.1) is 18.2 Å². The Bertz CT molecular complexity index is 1630. The number of fused-ring (bicyclic) bond motifs is 7. The third-order valence-corrected chi connectivity index (χ3v) is 7.25. The van der Waals surface area contributed by atoms with Gasteiger partial charge in [-0.3, -0.25) is 19.4 Å². The fourth-order valence-electron chi connectivity index (χ4n) is 5.03. The van der Waals surface area contributed by atoms with E-state index in [2.05, 4.69) is 15.6 Å². The van der Waals surface area contributed by atoms with Gasteiger partial charge < -0.3 is 25.0 Å². The van der Waals surface area contributed by atoms with Crippen LogP contribution in [-0.4, -0.2) is 59.4 Å². The summed E-state index contributed by atoms with van der Waals surface area (Å²) in [5.74, 6) is -0.838. The molecule has 42 heavy (non-hydrogen) atoms. The monoisotopic (exact) mass is 566 g/mol. The summed E-state index contributed by atoms with van der Waals surface area (Å²) in [4.78, 5) is 44.7. The summed E-state index contributed by atoms with van der Waals surface area (Å²) in [5.41, 5.74) is 2.46. The fraction of sp³-hybridized carbons (Fsp3) is 0.188. The lowest BCUT2D eigenvalue weighted by atomic mass is 10.0. The molecule has 0 saturated carbocycles. The molecule has 1 saturated heterocycles. The van der Waals surface area contributed by atoms with Gasteiger partial charge in [-0.1, -0.05) is 30.3 Å². The van der Waals surface area contributed by atoms with Crippen LogP contribution in [0.5, 0.6) is 11.5 Å². The summed E-state index contributed by atoms with van der Waals surface area (Å²) in [6, 6.07) is 21.1. The van der Waals surface area contributed by atoms with Crippen LogP contribution in [0.25, 0.3) is 11.1 Å². The average Bonchev–Trinajstić information content (AvgIpc) is 3.41. The molecule has 1 aromatic heterocycles. The second-order valence-corrected chi connectivity index (χ2v) is 10.1. The predicted molar refractivity (Wildman–Crippen MR) is 151 cm³/mol. The van der Waals surface area contributed by atoms with Crippen molar-refractivity contribution in [1.29, 1.82) is 0 Å². The second-order valence-electron chi connectivity index (χ2n) is 10.1. The zero-order chi connectivity index (χ0) is 29.1. The van der Waals surface area contributed by atoms with Crippen molar-refractivity contribution in [3.8, 4) is 22.6 Å². The number of aromatic nitrogens is 1. The first-order chi connectivity index (χ1) is 20.4. The van der Waals surface area contributed by atoms with E-state index in [1.54, 1.807) is 71.9 Å². The van der Waals surface area contributed by atoms with E-state index in [9.17, 15) is 18.8 Å². The van der Waals surface area contributed by atoms with Crippen molar-refractivity contribution >= 4 is 17.7 Å². The van der Waals surface area contributed by atoms with E-state index in [-0.39, 0.29) is 37.1 Å². The molecule has 0 spiro atoms. The van der Waals surface area contributed by atoms with E-state index in [4.69, 9.17) is 9.47 Å². The van der Waals surface area contributed by atoms with Crippen LogP contribution in [0, 0.1) is 5.82 Å². The molecule has 4 heterocycles. The van der Waals surface area contributed by atoms with Crippen LogP contribution in [0.1, 0.15) is 26.3 Å². The third-order valence-electron chi connectivity index (χ3n) is 7.25. The highest BCUT2D eigenvalue weighted by molar-refractivity contribution is 5.97. The van der Waals surface area contributed by atoms with Crippen molar-refractivity contribution in [2.24, 2.45) is 0 Å². The molecule has 3 amide bonds. The lowest BCUT2D eigenvalue weighted by molar-refractivity contribution is -0.123. The largest absolute Gasteiger partial charge is 0.486 e. The number of hydrogen-bond donors (Lipinski definition) is 2. The zero-order valence-corrected chi connectivity index (χ0v) is 22.5. The summed E-state index contributed by atoms with van der Waals surface area (Å²) in [7, 11) is 0. The summed E-state index contributed by atoms with van der Waals surface area (Å²) >= 11 is 0. The maximum atomic E-state index is 15.0. The molecule has 7 rings (SSSR count). The molecule has 2 N–H and O–H groups in total. The van der Waals surface area contributed by atoms with Crippen molar-refractivity contribution < 1.29 is 28.2 Å². The smallest absolute Gasteiger partial charge is 0.258 e. The highest BCUT2D eigenvalue weighted by Gasteiger charge is 2.38. The number of rotatable bonds is 1. The van der Waals surface area contributed by atoms with E-state index in [0.717, 1.165) is 5.56 Å². The number of nitrogens with zero attached hydrogens (tertiary/aromatic N) is 2. The molecule has 9 nitrogen and oxygen atoms in total. The standard InChI is InChI=1S/C32H27FN4O5/c33-27-9-6-23-15-26(27)31(39)36-28-17-37(32(40)21-10-12-34-13-11-21)18-29(28)42-24-7-4-20(5-8-24)16-35-30(38)19-41-25-3-1-2-22(23)14-25/h1-15,28-29H,16-19H2,(H,35,38)(H,36,39)/t28-,29-/m0/s1. The molecule has 0 radical (unpaired) electrons. The van der Waals surface area contributed by atoms with Crippen molar-refractivity contribution in [2.45, 2.75) is 18.7 Å². The molecule has 3 aromatic carbocycles. The molecule has 0 unspecified atom stereocenters. The number of carbonyl (C=O) groups excluding carboxylic acids is 3. The highest BCUT2D eigenvalue weighted by atomic mass is 19.1. The summed E-state index contributed by atoms with van der Waals surface area (Å²) < 4.78 is 26.9. The van der Waals surface area contributed by atoms with Gasteiger partial charge in [0.2, 0.25) is 0 Å². The minimum absolute atomic E-state index is 0.144. The Morgan fingerprint density at radius 3 is 2.50 bits per heavy atom. The van der Waals surface area contributed by atoms with Crippen molar-refractivity contribution in [1.82, 2.24) is 20.5 Å². The molecule has 1 fully saturated rings. The number of halogens is 1. The van der Waals surface area contributed by atoms with Gasteiger partial charge >= 0.3 is 0 Å². The first-order valence-electron chi connectivity index (χ1n) is 13.5. The van der Waals surface area contributed by atoms with Crippen molar-refractivity contribution in [3.05, 3.63) is 114 Å².